The third kappa shape index (κ3) is 1.94. The van der Waals surface area contributed by atoms with Gasteiger partial charge in [-0.25, -0.2) is 0 Å². The number of hydrogen-bond acceptors (Lipinski definition) is 3. The van der Waals surface area contributed by atoms with Gasteiger partial charge in [-0.15, -0.1) is 11.3 Å². The highest BCUT2D eigenvalue weighted by Gasteiger charge is 2.14. The van der Waals surface area contributed by atoms with Gasteiger partial charge in [-0.05, 0) is 42.5 Å². The van der Waals surface area contributed by atoms with Crippen molar-refractivity contribution in [1.29, 1.82) is 0 Å². The first-order valence-corrected chi connectivity index (χ1v) is 5.79. The maximum atomic E-state index is 6.23. The predicted octanol–water partition coefficient (Wildman–Crippen LogP) is 2.81. The largest absolute Gasteiger partial charge is 0.320 e. The summed E-state index contributed by atoms with van der Waals surface area (Å²) < 4.78 is 0. The molecule has 0 saturated heterocycles. The van der Waals surface area contributed by atoms with E-state index < -0.39 is 0 Å². The van der Waals surface area contributed by atoms with E-state index in [1.807, 2.05) is 19.1 Å². The molecule has 0 aliphatic heterocycles. The normalized spacial score (nSPS) is 12.7. The van der Waals surface area contributed by atoms with Crippen molar-refractivity contribution in [3.63, 3.8) is 0 Å². The Morgan fingerprint density at radius 3 is 2.73 bits per heavy atom. The first kappa shape index (κ1) is 10.3. The number of hydrogen-bond donors (Lipinski definition) is 1. The molecule has 0 aromatic carbocycles. The van der Waals surface area contributed by atoms with Gasteiger partial charge in [-0.2, -0.15) is 0 Å². The molecule has 0 spiro atoms. The molecule has 2 nitrogen and oxygen atoms in total. The van der Waals surface area contributed by atoms with Crippen LogP contribution in [0.15, 0.2) is 29.8 Å². The zero-order valence-corrected chi connectivity index (χ0v) is 9.71. The molecule has 15 heavy (non-hydrogen) atoms. The van der Waals surface area contributed by atoms with Crippen LogP contribution in [0.2, 0.25) is 0 Å². The molecular formula is C12H14N2S. The number of thiophene rings is 1. The van der Waals surface area contributed by atoms with Crippen LogP contribution in [0.25, 0.3) is 0 Å². The molecule has 2 N–H and O–H groups in total. The van der Waals surface area contributed by atoms with Crippen LogP contribution in [-0.4, -0.2) is 4.98 Å². The molecule has 0 amide bonds. The van der Waals surface area contributed by atoms with Gasteiger partial charge in [0.25, 0.3) is 0 Å². The van der Waals surface area contributed by atoms with Gasteiger partial charge in [0.2, 0.25) is 0 Å². The monoisotopic (exact) mass is 218 g/mol. The lowest BCUT2D eigenvalue weighted by Crippen LogP contribution is -2.13. The zero-order valence-electron chi connectivity index (χ0n) is 8.90. The molecule has 0 fully saturated rings. The Morgan fingerprint density at radius 2 is 2.13 bits per heavy atom. The molecule has 2 aromatic heterocycles. The molecule has 2 aromatic rings. The number of aromatic nitrogens is 1. The highest BCUT2D eigenvalue weighted by Crippen LogP contribution is 2.28. The summed E-state index contributed by atoms with van der Waals surface area (Å²) in [4.78, 5) is 5.49. The maximum Gasteiger partial charge on any atom is 0.0666 e. The van der Waals surface area contributed by atoms with Gasteiger partial charge in [-0.3, -0.25) is 4.98 Å². The Bertz CT molecular complexity index is 462. The van der Waals surface area contributed by atoms with Crippen molar-refractivity contribution in [3.05, 3.63) is 51.5 Å². The summed E-state index contributed by atoms with van der Waals surface area (Å²) in [7, 11) is 0. The molecule has 2 rings (SSSR count). The smallest absolute Gasteiger partial charge is 0.0666 e. The summed E-state index contributed by atoms with van der Waals surface area (Å²) in [6.45, 7) is 4.09. The molecule has 1 atom stereocenters. The first-order chi connectivity index (χ1) is 7.20. The van der Waals surface area contributed by atoms with E-state index in [0.29, 0.717) is 0 Å². The van der Waals surface area contributed by atoms with Crippen LogP contribution in [-0.2, 0) is 0 Å². The summed E-state index contributed by atoms with van der Waals surface area (Å²) in [5, 5.41) is 2.08. The van der Waals surface area contributed by atoms with Crippen molar-refractivity contribution in [2.75, 3.05) is 0 Å². The quantitative estimate of drug-likeness (QED) is 0.841. The minimum atomic E-state index is -0.0429. The number of pyridine rings is 1. The average molecular weight is 218 g/mol. The van der Waals surface area contributed by atoms with Crippen molar-refractivity contribution in [3.8, 4) is 0 Å². The Kier molecular flexibility index (Phi) is 2.84. The minimum absolute atomic E-state index is 0.0429. The lowest BCUT2D eigenvalue weighted by molar-refractivity contribution is 0.860. The van der Waals surface area contributed by atoms with Gasteiger partial charge < -0.3 is 5.73 Å². The fourth-order valence-electron chi connectivity index (χ4n) is 1.67. The molecule has 2 heterocycles. The molecule has 0 bridgehead atoms. The molecule has 0 saturated carbocycles. The number of nitrogens with two attached hydrogens (primary N) is 1. The molecule has 0 radical (unpaired) electrons. The SMILES string of the molecule is Cc1ccsc1C(N)c1cccnc1C. The van der Waals surface area contributed by atoms with Gasteiger partial charge in [0.05, 0.1) is 6.04 Å². The van der Waals surface area contributed by atoms with Crippen molar-refractivity contribution in [1.82, 2.24) is 4.98 Å². The van der Waals surface area contributed by atoms with Crippen LogP contribution in [0.4, 0.5) is 0 Å². The second-order valence-electron chi connectivity index (χ2n) is 3.62. The van der Waals surface area contributed by atoms with E-state index in [1.54, 1.807) is 17.5 Å². The van der Waals surface area contributed by atoms with Crippen LogP contribution in [0.5, 0.6) is 0 Å². The number of nitrogens with zero attached hydrogens (tertiary/aromatic N) is 1. The highest BCUT2D eigenvalue weighted by atomic mass is 32.1. The van der Waals surface area contributed by atoms with Gasteiger partial charge in [0, 0.05) is 16.8 Å². The molecule has 78 valence electrons. The van der Waals surface area contributed by atoms with E-state index in [0.717, 1.165) is 11.3 Å². The average Bonchev–Trinajstić information content (AvgIpc) is 2.64. The van der Waals surface area contributed by atoms with E-state index >= 15 is 0 Å². The van der Waals surface area contributed by atoms with Gasteiger partial charge in [-0.1, -0.05) is 6.07 Å². The summed E-state index contributed by atoms with van der Waals surface area (Å²) in [6.07, 6.45) is 1.80. The number of rotatable bonds is 2. The topological polar surface area (TPSA) is 38.9 Å². The molecular weight excluding hydrogens is 204 g/mol. The second kappa shape index (κ2) is 4.13. The summed E-state index contributed by atoms with van der Waals surface area (Å²) in [5.41, 5.74) is 9.62. The highest BCUT2D eigenvalue weighted by molar-refractivity contribution is 7.10. The van der Waals surface area contributed by atoms with Crippen LogP contribution < -0.4 is 5.73 Å². The summed E-state index contributed by atoms with van der Waals surface area (Å²) >= 11 is 1.71. The Morgan fingerprint density at radius 1 is 1.33 bits per heavy atom. The molecule has 0 aliphatic carbocycles. The fourth-order valence-corrected chi connectivity index (χ4v) is 2.62. The minimum Gasteiger partial charge on any atom is -0.320 e. The predicted molar refractivity (Wildman–Crippen MR) is 64.1 cm³/mol. The van der Waals surface area contributed by atoms with E-state index in [-0.39, 0.29) is 6.04 Å². The van der Waals surface area contributed by atoms with Gasteiger partial charge in [0.15, 0.2) is 0 Å². The molecule has 0 aliphatic rings. The van der Waals surface area contributed by atoms with E-state index in [9.17, 15) is 0 Å². The third-order valence-corrected chi connectivity index (χ3v) is 3.67. The van der Waals surface area contributed by atoms with Gasteiger partial charge >= 0.3 is 0 Å². The van der Waals surface area contributed by atoms with Gasteiger partial charge in [0.1, 0.15) is 0 Å². The lowest BCUT2D eigenvalue weighted by atomic mass is 10.0. The first-order valence-electron chi connectivity index (χ1n) is 4.91. The van der Waals surface area contributed by atoms with Crippen molar-refractivity contribution >= 4 is 11.3 Å². The Hall–Kier alpha value is -1.19. The van der Waals surface area contributed by atoms with Crippen LogP contribution in [0.1, 0.15) is 27.7 Å². The summed E-state index contributed by atoms with van der Waals surface area (Å²) in [6, 6.07) is 6.04. The number of aryl methyl sites for hydroxylation is 2. The van der Waals surface area contributed by atoms with Crippen molar-refractivity contribution in [2.24, 2.45) is 5.73 Å². The second-order valence-corrected chi connectivity index (χ2v) is 4.57. The maximum absolute atomic E-state index is 6.23. The van der Waals surface area contributed by atoms with Crippen molar-refractivity contribution in [2.45, 2.75) is 19.9 Å². The third-order valence-electron chi connectivity index (χ3n) is 2.57. The standard InChI is InChI=1S/C12H14N2S/c1-8-5-7-15-12(8)11(13)10-4-3-6-14-9(10)2/h3-7,11H,13H2,1-2H3. The fraction of sp³-hybridized carbons (Fsp3) is 0.250. The molecule has 3 heteroatoms. The van der Waals surface area contributed by atoms with Crippen LogP contribution in [0, 0.1) is 13.8 Å². The zero-order chi connectivity index (χ0) is 10.8. The Balaban J connectivity index is 2.41. The van der Waals surface area contributed by atoms with E-state index in [4.69, 9.17) is 5.73 Å². The van der Waals surface area contributed by atoms with Crippen LogP contribution in [0.3, 0.4) is 0 Å². The van der Waals surface area contributed by atoms with E-state index in [2.05, 4.69) is 23.4 Å². The Labute approximate surface area is 93.8 Å². The van der Waals surface area contributed by atoms with E-state index in [1.165, 1.54) is 10.4 Å². The summed E-state index contributed by atoms with van der Waals surface area (Å²) in [5.74, 6) is 0. The lowest BCUT2D eigenvalue weighted by Gasteiger charge is -2.13. The van der Waals surface area contributed by atoms with Crippen LogP contribution >= 0.6 is 11.3 Å². The molecule has 1 unspecified atom stereocenters. The van der Waals surface area contributed by atoms with Crippen molar-refractivity contribution < 1.29 is 0 Å².